The Bertz CT molecular complexity index is 367. The Hall–Kier alpha value is -0.800. The molecule has 2 atom stereocenters. The third-order valence-electron chi connectivity index (χ3n) is 3.40. The van der Waals surface area contributed by atoms with Crippen molar-refractivity contribution in [3.05, 3.63) is 23.5 Å². The maximum atomic E-state index is 5.71. The molecule has 0 unspecified atom stereocenters. The first kappa shape index (κ1) is 9.43. The number of nitrogens with zero attached hydrogens (tertiary/aromatic N) is 1. The van der Waals surface area contributed by atoms with E-state index in [4.69, 9.17) is 16.3 Å². The second-order valence-corrected chi connectivity index (χ2v) is 4.77. The molecule has 1 aliphatic heterocycles. The third-order valence-corrected chi connectivity index (χ3v) is 3.62. The molecule has 2 fully saturated rings. The molecule has 1 aromatic rings. The molecular formula is C11H13ClN2O. The van der Waals surface area contributed by atoms with Crippen LogP contribution in [0.15, 0.2) is 18.3 Å². The summed E-state index contributed by atoms with van der Waals surface area (Å²) in [5.41, 5.74) is 0.277. The first-order valence-corrected chi connectivity index (χ1v) is 5.66. The van der Waals surface area contributed by atoms with Gasteiger partial charge in [0.15, 0.2) is 0 Å². The molecule has 0 bridgehead atoms. The van der Waals surface area contributed by atoms with Crippen molar-refractivity contribution in [1.82, 2.24) is 10.3 Å². The van der Waals surface area contributed by atoms with Crippen molar-refractivity contribution in [3.8, 4) is 5.75 Å². The van der Waals surface area contributed by atoms with Crippen molar-refractivity contribution >= 4 is 11.6 Å². The summed E-state index contributed by atoms with van der Waals surface area (Å²) in [6.45, 7) is 1.88. The molecule has 3 rings (SSSR count). The first-order chi connectivity index (χ1) is 7.28. The molecule has 0 radical (unpaired) electrons. The van der Waals surface area contributed by atoms with Crippen molar-refractivity contribution in [2.24, 2.45) is 5.92 Å². The van der Waals surface area contributed by atoms with Gasteiger partial charge in [-0.05, 0) is 37.4 Å². The molecule has 2 aliphatic rings. The van der Waals surface area contributed by atoms with Gasteiger partial charge >= 0.3 is 0 Å². The topological polar surface area (TPSA) is 34.1 Å². The lowest BCUT2D eigenvalue weighted by Crippen LogP contribution is -2.34. The maximum Gasteiger partial charge on any atom is 0.137 e. The number of aromatic nitrogens is 1. The molecule has 0 spiro atoms. The molecule has 0 aromatic carbocycles. The minimum Gasteiger partial charge on any atom is -0.490 e. The molecule has 80 valence electrons. The number of halogens is 1. The number of hydrogen-bond acceptors (Lipinski definition) is 3. The highest BCUT2D eigenvalue weighted by Crippen LogP contribution is 2.49. The van der Waals surface area contributed by atoms with Crippen molar-refractivity contribution in [2.45, 2.75) is 18.4 Å². The van der Waals surface area contributed by atoms with Gasteiger partial charge in [-0.3, -0.25) is 0 Å². The number of pyridine rings is 1. The van der Waals surface area contributed by atoms with Crippen molar-refractivity contribution in [3.63, 3.8) is 0 Å². The lowest BCUT2D eigenvalue weighted by molar-refractivity contribution is 0.257. The predicted octanol–water partition coefficient (Wildman–Crippen LogP) is 1.87. The minimum atomic E-state index is 0.277. The van der Waals surface area contributed by atoms with Gasteiger partial charge in [0.25, 0.3) is 0 Å². The summed E-state index contributed by atoms with van der Waals surface area (Å²) in [6.07, 6.45) is 4.22. The highest BCUT2D eigenvalue weighted by Gasteiger charge is 2.57. The van der Waals surface area contributed by atoms with Gasteiger partial charge in [0.1, 0.15) is 17.5 Å². The number of ether oxygens (including phenoxy) is 1. The molecule has 1 saturated heterocycles. The van der Waals surface area contributed by atoms with Crippen LogP contribution >= 0.6 is 11.6 Å². The highest BCUT2D eigenvalue weighted by molar-refractivity contribution is 6.29. The van der Waals surface area contributed by atoms with Crippen molar-refractivity contribution in [2.75, 3.05) is 13.2 Å². The Kier molecular flexibility index (Phi) is 2.11. The van der Waals surface area contributed by atoms with Gasteiger partial charge in [0.2, 0.25) is 0 Å². The van der Waals surface area contributed by atoms with E-state index < -0.39 is 0 Å². The molecule has 1 aromatic heterocycles. The molecule has 1 N–H and O–H groups in total. The summed E-state index contributed by atoms with van der Waals surface area (Å²) in [5, 5.41) is 4.02. The van der Waals surface area contributed by atoms with Gasteiger partial charge < -0.3 is 10.1 Å². The van der Waals surface area contributed by atoms with E-state index in [2.05, 4.69) is 10.3 Å². The first-order valence-electron chi connectivity index (χ1n) is 5.28. The van der Waals surface area contributed by atoms with Crippen LogP contribution in [0.3, 0.4) is 0 Å². The van der Waals surface area contributed by atoms with Crippen molar-refractivity contribution in [1.29, 1.82) is 0 Å². The van der Waals surface area contributed by atoms with Gasteiger partial charge in [-0.15, -0.1) is 0 Å². The summed E-state index contributed by atoms with van der Waals surface area (Å²) in [6, 6.07) is 3.61. The molecular weight excluding hydrogens is 212 g/mol. The smallest absolute Gasteiger partial charge is 0.137 e. The van der Waals surface area contributed by atoms with Gasteiger partial charge in [0, 0.05) is 0 Å². The summed E-state index contributed by atoms with van der Waals surface area (Å²) >= 11 is 5.70. The molecule has 0 amide bonds. The molecule has 2 heterocycles. The van der Waals surface area contributed by atoms with E-state index in [9.17, 15) is 0 Å². The highest BCUT2D eigenvalue weighted by atomic mass is 35.5. The van der Waals surface area contributed by atoms with E-state index in [-0.39, 0.29) is 5.54 Å². The Morgan fingerprint density at radius 3 is 3.13 bits per heavy atom. The van der Waals surface area contributed by atoms with Gasteiger partial charge in [-0.1, -0.05) is 11.6 Å². The van der Waals surface area contributed by atoms with E-state index in [0.717, 1.165) is 24.8 Å². The monoisotopic (exact) mass is 224 g/mol. The van der Waals surface area contributed by atoms with Crippen LogP contribution in [0.2, 0.25) is 5.15 Å². The summed E-state index contributed by atoms with van der Waals surface area (Å²) in [5.74, 6) is 1.63. The van der Waals surface area contributed by atoms with Crippen LogP contribution in [-0.2, 0) is 0 Å². The van der Waals surface area contributed by atoms with Crippen LogP contribution in [0, 0.1) is 5.92 Å². The number of nitrogens with one attached hydrogen (secondary N) is 1. The Balaban J connectivity index is 1.60. The SMILES string of the molecule is Clc1ccc(OC[C@]23C[C@H]2CCN3)cn1. The lowest BCUT2D eigenvalue weighted by atomic mass is 10.2. The van der Waals surface area contributed by atoms with Gasteiger partial charge in [-0.2, -0.15) is 0 Å². The van der Waals surface area contributed by atoms with E-state index in [1.807, 2.05) is 6.07 Å². The number of piperidine rings is 1. The quantitative estimate of drug-likeness (QED) is 0.796. The second-order valence-electron chi connectivity index (χ2n) is 4.38. The zero-order chi connectivity index (χ0) is 10.3. The zero-order valence-corrected chi connectivity index (χ0v) is 9.13. The summed E-state index contributed by atoms with van der Waals surface area (Å²) in [4.78, 5) is 3.98. The lowest BCUT2D eigenvalue weighted by Gasteiger charge is -2.14. The Morgan fingerprint density at radius 2 is 2.53 bits per heavy atom. The zero-order valence-electron chi connectivity index (χ0n) is 8.37. The van der Waals surface area contributed by atoms with Gasteiger partial charge in [-0.25, -0.2) is 4.98 Å². The molecule has 1 aliphatic carbocycles. The molecule has 3 nitrogen and oxygen atoms in total. The summed E-state index contributed by atoms with van der Waals surface area (Å²) < 4.78 is 5.71. The van der Waals surface area contributed by atoms with E-state index in [1.165, 1.54) is 12.8 Å². The third kappa shape index (κ3) is 1.70. The van der Waals surface area contributed by atoms with Crippen LogP contribution in [0.1, 0.15) is 12.8 Å². The van der Waals surface area contributed by atoms with Crippen LogP contribution in [-0.4, -0.2) is 23.7 Å². The normalized spacial score (nSPS) is 32.5. The standard InChI is InChI=1S/C11H13ClN2O/c12-10-2-1-9(6-13-10)15-7-11-5-8(11)3-4-14-11/h1-2,6,8,14H,3-5,7H2/t8-,11-/m1/s1. The van der Waals surface area contributed by atoms with Crippen LogP contribution in [0.25, 0.3) is 0 Å². The minimum absolute atomic E-state index is 0.277. The van der Waals surface area contributed by atoms with Gasteiger partial charge in [0.05, 0.1) is 11.7 Å². The fourth-order valence-electron chi connectivity index (χ4n) is 2.36. The van der Waals surface area contributed by atoms with Crippen LogP contribution in [0.4, 0.5) is 0 Å². The fraction of sp³-hybridized carbons (Fsp3) is 0.545. The fourth-order valence-corrected chi connectivity index (χ4v) is 2.47. The second kappa shape index (κ2) is 3.35. The van der Waals surface area contributed by atoms with E-state index in [0.29, 0.717) is 5.15 Å². The average Bonchev–Trinajstić information content (AvgIpc) is 2.80. The number of rotatable bonds is 3. The molecule has 1 saturated carbocycles. The van der Waals surface area contributed by atoms with Crippen LogP contribution < -0.4 is 10.1 Å². The van der Waals surface area contributed by atoms with Crippen LogP contribution in [0.5, 0.6) is 5.75 Å². The average molecular weight is 225 g/mol. The number of hydrogen-bond donors (Lipinski definition) is 1. The Labute approximate surface area is 93.8 Å². The predicted molar refractivity (Wildman–Crippen MR) is 58.2 cm³/mol. The molecule has 4 heteroatoms. The van der Waals surface area contributed by atoms with Crippen molar-refractivity contribution < 1.29 is 4.74 Å². The number of fused-ring (bicyclic) bond motifs is 1. The Morgan fingerprint density at radius 1 is 1.60 bits per heavy atom. The van der Waals surface area contributed by atoms with E-state index in [1.54, 1.807) is 12.3 Å². The largest absolute Gasteiger partial charge is 0.490 e. The molecule has 15 heavy (non-hydrogen) atoms. The van der Waals surface area contributed by atoms with E-state index >= 15 is 0 Å². The maximum absolute atomic E-state index is 5.71. The summed E-state index contributed by atoms with van der Waals surface area (Å²) in [7, 11) is 0.